The van der Waals surface area contributed by atoms with E-state index < -0.39 is 6.10 Å². The Balaban J connectivity index is 1.25. The predicted molar refractivity (Wildman–Crippen MR) is 127 cm³/mol. The Labute approximate surface area is 192 Å². The Morgan fingerprint density at radius 3 is 2.67 bits per heavy atom. The third kappa shape index (κ3) is 5.04. The quantitative estimate of drug-likeness (QED) is 0.357. The van der Waals surface area contributed by atoms with Gasteiger partial charge in [-0.15, -0.1) is 0 Å². The highest BCUT2D eigenvalue weighted by molar-refractivity contribution is 5.96. The van der Waals surface area contributed by atoms with Crippen LogP contribution < -0.4 is 10.1 Å². The summed E-state index contributed by atoms with van der Waals surface area (Å²) in [7, 11) is 0. The number of carbonyl (C=O) groups excluding carboxylic acids is 1. The smallest absolute Gasteiger partial charge is 0.180 e. The van der Waals surface area contributed by atoms with Crippen molar-refractivity contribution in [3.8, 4) is 17.0 Å². The van der Waals surface area contributed by atoms with Gasteiger partial charge in [0.15, 0.2) is 17.2 Å². The molecule has 1 aliphatic rings. The summed E-state index contributed by atoms with van der Waals surface area (Å²) in [6, 6.07) is 17.1. The average molecular weight is 443 g/mol. The zero-order valence-corrected chi connectivity index (χ0v) is 18.2. The topological polar surface area (TPSA) is 88.8 Å². The molecule has 7 heteroatoms. The Bertz CT molecular complexity index is 1230. The van der Waals surface area contributed by atoms with Crippen molar-refractivity contribution < 1.29 is 14.6 Å². The number of nitrogens with zero attached hydrogens (tertiary/aromatic N) is 3. The normalized spacial score (nSPS) is 14.2. The Hall–Kier alpha value is -3.71. The molecular formula is C26H26N4O3. The van der Waals surface area contributed by atoms with Crippen LogP contribution in [0.2, 0.25) is 0 Å². The van der Waals surface area contributed by atoms with E-state index >= 15 is 0 Å². The van der Waals surface area contributed by atoms with Crippen molar-refractivity contribution in [1.29, 1.82) is 0 Å². The van der Waals surface area contributed by atoms with E-state index in [0.717, 1.165) is 22.6 Å². The molecule has 0 saturated heterocycles. The van der Waals surface area contributed by atoms with Crippen LogP contribution in [0.25, 0.3) is 16.9 Å². The number of Topliss-reactive ketones (excluding diaryl/α,β-unsaturated/α-hetero) is 1. The van der Waals surface area contributed by atoms with Gasteiger partial charge < -0.3 is 15.2 Å². The lowest BCUT2D eigenvalue weighted by atomic mass is 10.0. The fourth-order valence-corrected chi connectivity index (χ4v) is 3.77. The van der Waals surface area contributed by atoms with Crippen molar-refractivity contribution in [2.45, 2.75) is 25.4 Å². The highest BCUT2D eigenvalue weighted by Gasteiger charge is 2.24. The SMILES string of the molecule is O=C(CC1CC1)c1ccc(-c2cnc3c(NCC(O)COc4ccccc4)nccn23)cc1. The zero-order chi connectivity index (χ0) is 22.6. The summed E-state index contributed by atoms with van der Waals surface area (Å²) in [6.07, 6.45) is 7.63. The van der Waals surface area contributed by atoms with Gasteiger partial charge in [0, 0.05) is 36.5 Å². The third-order valence-electron chi connectivity index (χ3n) is 5.79. The summed E-state index contributed by atoms with van der Waals surface area (Å²) in [5.74, 6) is 2.10. The molecule has 0 spiro atoms. The second-order valence-electron chi connectivity index (χ2n) is 8.42. The van der Waals surface area contributed by atoms with Gasteiger partial charge in [-0.25, -0.2) is 9.97 Å². The molecule has 1 aliphatic carbocycles. The van der Waals surface area contributed by atoms with Crippen molar-refractivity contribution >= 4 is 17.2 Å². The van der Waals surface area contributed by atoms with Crippen LogP contribution in [0.4, 0.5) is 5.82 Å². The number of aliphatic hydroxyl groups is 1. The molecule has 5 rings (SSSR count). The van der Waals surface area contributed by atoms with Gasteiger partial charge in [0.1, 0.15) is 18.5 Å². The van der Waals surface area contributed by atoms with Gasteiger partial charge in [0.2, 0.25) is 0 Å². The number of anilines is 1. The number of ketones is 1. The fourth-order valence-electron chi connectivity index (χ4n) is 3.77. The fraction of sp³-hybridized carbons (Fsp3) is 0.269. The van der Waals surface area contributed by atoms with Gasteiger partial charge in [-0.2, -0.15) is 0 Å². The van der Waals surface area contributed by atoms with Crippen molar-refractivity contribution in [2.24, 2.45) is 5.92 Å². The van der Waals surface area contributed by atoms with Crippen molar-refractivity contribution in [2.75, 3.05) is 18.5 Å². The molecule has 1 atom stereocenters. The highest BCUT2D eigenvalue weighted by Crippen LogP contribution is 2.33. The van der Waals surface area contributed by atoms with Crippen LogP contribution in [0.1, 0.15) is 29.6 Å². The molecule has 1 unspecified atom stereocenters. The summed E-state index contributed by atoms with van der Waals surface area (Å²) in [5.41, 5.74) is 3.30. The number of para-hydroxylation sites is 1. The van der Waals surface area contributed by atoms with E-state index in [-0.39, 0.29) is 18.9 Å². The minimum atomic E-state index is -0.706. The van der Waals surface area contributed by atoms with E-state index in [1.165, 1.54) is 12.8 Å². The van der Waals surface area contributed by atoms with Crippen LogP contribution in [0.3, 0.4) is 0 Å². The number of benzene rings is 2. The minimum absolute atomic E-state index is 0.172. The first-order valence-corrected chi connectivity index (χ1v) is 11.2. The predicted octanol–water partition coefficient (Wildman–Crippen LogP) is 4.23. The van der Waals surface area contributed by atoms with E-state index in [9.17, 15) is 9.90 Å². The molecule has 1 fully saturated rings. The van der Waals surface area contributed by atoms with Gasteiger partial charge in [-0.05, 0) is 30.9 Å². The third-order valence-corrected chi connectivity index (χ3v) is 5.79. The largest absolute Gasteiger partial charge is 0.491 e. The average Bonchev–Trinajstić information content (AvgIpc) is 3.56. The lowest BCUT2D eigenvalue weighted by molar-refractivity contribution is 0.0976. The number of fused-ring (bicyclic) bond motifs is 1. The molecule has 33 heavy (non-hydrogen) atoms. The van der Waals surface area contributed by atoms with Crippen LogP contribution in [-0.4, -0.2) is 44.5 Å². The van der Waals surface area contributed by atoms with Crippen molar-refractivity contribution in [3.05, 3.63) is 78.8 Å². The van der Waals surface area contributed by atoms with Gasteiger partial charge in [-0.1, -0.05) is 42.5 Å². The Morgan fingerprint density at radius 2 is 1.91 bits per heavy atom. The summed E-state index contributed by atoms with van der Waals surface area (Å²) < 4.78 is 7.55. The molecule has 168 valence electrons. The first-order chi connectivity index (χ1) is 16.2. The molecule has 0 bridgehead atoms. The first kappa shape index (κ1) is 21.2. The van der Waals surface area contributed by atoms with Gasteiger partial charge in [0.05, 0.1) is 11.9 Å². The molecule has 2 heterocycles. The lowest BCUT2D eigenvalue weighted by Crippen LogP contribution is -2.26. The number of hydrogen-bond donors (Lipinski definition) is 2. The molecule has 2 aromatic heterocycles. The molecule has 0 aliphatic heterocycles. The molecule has 1 saturated carbocycles. The second kappa shape index (κ2) is 9.42. The van der Waals surface area contributed by atoms with E-state index in [0.29, 0.717) is 23.8 Å². The molecule has 7 nitrogen and oxygen atoms in total. The van der Waals surface area contributed by atoms with Crippen molar-refractivity contribution in [1.82, 2.24) is 14.4 Å². The zero-order valence-electron chi connectivity index (χ0n) is 18.2. The monoisotopic (exact) mass is 442 g/mol. The number of carbonyl (C=O) groups is 1. The van der Waals surface area contributed by atoms with Crippen LogP contribution in [-0.2, 0) is 0 Å². The number of rotatable bonds is 10. The summed E-state index contributed by atoms with van der Waals surface area (Å²) in [4.78, 5) is 21.3. The van der Waals surface area contributed by atoms with E-state index in [1.807, 2.05) is 65.2 Å². The minimum Gasteiger partial charge on any atom is -0.491 e. The standard InChI is InChI=1S/C26H26N4O3/c31-21(17-33-22-4-2-1-3-5-22)15-28-25-26-29-16-23(30(26)13-12-27-25)19-8-10-20(11-9-19)24(32)14-18-6-7-18/h1-5,8-13,16,18,21,31H,6-7,14-15,17H2,(H,27,28). The summed E-state index contributed by atoms with van der Waals surface area (Å²) >= 11 is 0. The number of imidazole rings is 1. The number of aliphatic hydroxyl groups excluding tert-OH is 1. The van der Waals surface area contributed by atoms with Crippen molar-refractivity contribution in [3.63, 3.8) is 0 Å². The molecule has 2 aromatic carbocycles. The van der Waals surface area contributed by atoms with Crippen LogP contribution in [0, 0.1) is 5.92 Å². The number of aromatic nitrogens is 3. The van der Waals surface area contributed by atoms with Crippen LogP contribution in [0.5, 0.6) is 5.75 Å². The summed E-state index contributed by atoms with van der Waals surface area (Å²) in [6.45, 7) is 0.450. The summed E-state index contributed by atoms with van der Waals surface area (Å²) in [5, 5.41) is 13.5. The Kier molecular flexibility index (Phi) is 6.04. The molecule has 0 amide bonds. The lowest BCUT2D eigenvalue weighted by Gasteiger charge is -2.14. The van der Waals surface area contributed by atoms with Crippen LogP contribution in [0.15, 0.2) is 73.2 Å². The number of hydrogen-bond acceptors (Lipinski definition) is 6. The second-order valence-corrected chi connectivity index (χ2v) is 8.42. The number of nitrogens with one attached hydrogen (secondary N) is 1. The molecule has 2 N–H and O–H groups in total. The van der Waals surface area contributed by atoms with E-state index in [2.05, 4.69) is 15.3 Å². The maximum Gasteiger partial charge on any atom is 0.180 e. The highest BCUT2D eigenvalue weighted by atomic mass is 16.5. The van der Waals surface area contributed by atoms with Gasteiger partial charge >= 0.3 is 0 Å². The van der Waals surface area contributed by atoms with Gasteiger partial charge in [-0.3, -0.25) is 9.20 Å². The van der Waals surface area contributed by atoms with E-state index in [1.54, 1.807) is 12.4 Å². The molecular weight excluding hydrogens is 416 g/mol. The molecule has 4 aromatic rings. The maximum absolute atomic E-state index is 12.3. The van der Waals surface area contributed by atoms with Crippen LogP contribution >= 0.6 is 0 Å². The maximum atomic E-state index is 12.3. The molecule has 0 radical (unpaired) electrons. The first-order valence-electron chi connectivity index (χ1n) is 11.2. The Morgan fingerprint density at radius 1 is 1.12 bits per heavy atom. The van der Waals surface area contributed by atoms with Gasteiger partial charge in [0.25, 0.3) is 0 Å². The van der Waals surface area contributed by atoms with E-state index in [4.69, 9.17) is 4.74 Å². The number of ether oxygens (including phenoxy) is 1.